The molecule has 0 bridgehead atoms. The van der Waals surface area contributed by atoms with Gasteiger partial charge in [-0.2, -0.15) is 0 Å². The molecule has 1 aromatic rings. The quantitative estimate of drug-likeness (QED) is 0.782. The topological polar surface area (TPSA) is 34.0 Å². The molecular formula is C15H24N4. The molecule has 0 aliphatic carbocycles. The van der Waals surface area contributed by atoms with E-state index in [1.807, 2.05) is 6.08 Å². The zero-order chi connectivity index (χ0) is 13.1. The Bertz CT molecular complexity index is 437. The van der Waals surface area contributed by atoms with Crippen LogP contribution < -0.4 is 0 Å². The molecule has 1 atom stereocenters. The summed E-state index contributed by atoms with van der Waals surface area (Å²) in [6.45, 7) is 8.28. The van der Waals surface area contributed by atoms with Crippen molar-refractivity contribution in [1.82, 2.24) is 19.7 Å². The molecule has 2 aliphatic heterocycles. The molecule has 104 valence electrons. The van der Waals surface area contributed by atoms with Gasteiger partial charge in [-0.1, -0.05) is 12.5 Å². The fraction of sp³-hybridized carbons (Fsp3) is 0.733. The molecule has 0 saturated carbocycles. The zero-order valence-electron chi connectivity index (χ0n) is 11.7. The van der Waals surface area contributed by atoms with Gasteiger partial charge in [0, 0.05) is 32.0 Å². The van der Waals surface area contributed by atoms with Gasteiger partial charge in [0.25, 0.3) is 0 Å². The maximum atomic E-state index is 4.52. The van der Waals surface area contributed by atoms with Gasteiger partial charge in [0.1, 0.15) is 11.6 Å². The summed E-state index contributed by atoms with van der Waals surface area (Å²) in [6, 6.07) is 0. The molecule has 4 nitrogen and oxygen atoms in total. The predicted molar refractivity (Wildman–Crippen MR) is 76.2 cm³/mol. The molecule has 0 radical (unpaired) electrons. The molecule has 0 unspecified atom stereocenters. The van der Waals surface area contributed by atoms with E-state index in [0.717, 1.165) is 26.1 Å². The van der Waals surface area contributed by atoms with E-state index in [4.69, 9.17) is 0 Å². The van der Waals surface area contributed by atoms with Crippen LogP contribution in [0.3, 0.4) is 0 Å². The van der Waals surface area contributed by atoms with E-state index in [-0.39, 0.29) is 0 Å². The minimum atomic E-state index is 0.563. The number of piperidine rings is 1. The van der Waals surface area contributed by atoms with Gasteiger partial charge >= 0.3 is 0 Å². The number of fused-ring (bicyclic) bond motifs is 1. The molecule has 0 aromatic carbocycles. The molecule has 0 amide bonds. The lowest BCUT2D eigenvalue weighted by Gasteiger charge is -2.31. The minimum absolute atomic E-state index is 0.563. The van der Waals surface area contributed by atoms with E-state index in [1.165, 1.54) is 50.3 Å². The van der Waals surface area contributed by atoms with Gasteiger partial charge in [0.15, 0.2) is 0 Å². The molecule has 1 fully saturated rings. The smallest absolute Gasteiger partial charge is 0.137 e. The predicted octanol–water partition coefficient (Wildman–Crippen LogP) is 2.37. The van der Waals surface area contributed by atoms with Crippen molar-refractivity contribution in [3.63, 3.8) is 0 Å². The fourth-order valence-electron chi connectivity index (χ4n) is 3.42. The SMILES string of the molecule is C=CCN1CCC[C@H](c2nnc3n2CCCCC3)C1. The van der Waals surface area contributed by atoms with Crippen molar-refractivity contribution in [1.29, 1.82) is 0 Å². The molecule has 19 heavy (non-hydrogen) atoms. The summed E-state index contributed by atoms with van der Waals surface area (Å²) in [5.41, 5.74) is 0. The summed E-state index contributed by atoms with van der Waals surface area (Å²) in [5.74, 6) is 3.02. The van der Waals surface area contributed by atoms with Gasteiger partial charge in [-0.25, -0.2) is 0 Å². The van der Waals surface area contributed by atoms with Gasteiger partial charge in [-0.15, -0.1) is 16.8 Å². The molecular weight excluding hydrogens is 236 g/mol. The Morgan fingerprint density at radius 2 is 2.11 bits per heavy atom. The highest BCUT2D eigenvalue weighted by atomic mass is 15.3. The van der Waals surface area contributed by atoms with Crippen molar-refractivity contribution >= 4 is 0 Å². The first-order chi connectivity index (χ1) is 9.38. The third-order valence-electron chi connectivity index (χ3n) is 4.40. The lowest BCUT2D eigenvalue weighted by molar-refractivity contribution is 0.221. The Kier molecular flexibility index (Phi) is 3.97. The van der Waals surface area contributed by atoms with Crippen LogP contribution >= 0.6 is 0 Å². The Labute approximate surface area is 115 Å². The highest BCUT2D eigenvalue weighted by Crippen LogP contribution is 2.27. The second-order valence-electron chi connectivity index (χ2n) is 5.82. The molecule has 3 heterocycles. The van der Waals surface area contributed by atoms with E-state index >= 15 is 0 Å². The van der Waals surface area contributed by atoms with Crippen molar-refractivity contribution in [2.45, 2.75) is 51.0 Å². The van der Waals surface area contributed by atoms with Gasteiger partial charge in [-0.05, 0) is 32.2 Å². The molecule has 0 spiro atoms. The number of hydrogen-bond donors (Lipinski definition) is 0. The van der Waals surface area contributed by atoms with Crippen molar-refractivity contribution in [2.24, 2.45) is 0 Å². The molecule has 0 N–H and O–H groups in total. The second-order valence-corrected chi connectivity index (χ2v) is 5.82. The van der Waals surface area contributed by atoms with E-state index in [0.29, 0.717) is 5.92 Å². The van der Waals surface area contributed by atoms with Crippen LogP contribution in [0.25, 0.3) is 0 Å². The summed E-state index contributed by atoms with van der Waals surface area (Å²) in [4.78, 5) is 2.49. The van der Waals surface area contributed by atoms with Crippen LogP contribution in [0.1, 0.15) is 49.7 Å². The van der Waals surface area contributed by atoms with E-state index in [2.05, 4.69) is 26.2 Å². The summed E-state index contributed by atoms with van der Waals surface area (Å²) >= 11 is 0. The zero-order valence-corrected chi connectivity index (χ0v) is 11.7. The number of likely N-dealkylation sites (tertiary alicyclic amines) is 1. The van der Waals surface area contributed by atoms with Crippen LogP contribution in [0.5, 0.6) is 0 Å². The fourth-order valence-corrected chi connectivity index (χ4v) is 3.42. The number of aryl methyl sites for hydroxylation is 1. The summed E-state index contributed by atoms with van der Waals surface area (Å²) in [7, 11) is 0. The summed E-state index contributed by atoms with van der Waals surface area (Å²) in [5, 5.41) is 8.96. The molecule has 1 aromatic heterocycles. The highest BCUT2D eigenvalue weighted by molar-refractivity contribution is 5.06. The van der Waals surface area contributed by atoms with E-state index in [9.17, 15) is 0 Å². The van der Waals surface area contributed by atoms with Crippen LogP contribution in [-0.2, 0) is 13.0 Å². The Hall–Kier alpha value is -1.16. The van der Waals surface area contributed by atoms with E-state index in [1.54, 1.807) is 0 Å². The van der Waals surface area contributed by atoms with Gasteiger partial charge < -0.3 is 4.57 Å². The Balaban J connectivity index is 1.78. The lowest BCUT2D eigenvalue weighted by Crippen LogP contribution is -2.35. The van der Waals surface area contributed by atoms with Crippen LogP contribution in [-0.4, -0.2) is 39.3 Å². The van der Waals surface area contributed by atoms with Gasteiger partial charge in [-0.3, -0.25) is 4.90 Å². The van der Waals surface area contributed by atoms with Crippen molar-refractivity contribution in [3.05, 3.63) is 24.3 Å². The average Bonchev–Trinajstić information content (AvgIpc) is 2.69. The first-order valence-electron chi connectivity index (χ1n) is 7.63. The molecule has 1 saturated heterocycles. The normalized spacial score (nSPS) is 24.7. The minimum Gasteiger partial charge on any atom is -0.315 e. The average molecular weight is 260 g/mol. The number of nitrogens with zero attached hydrogens (tertiary/aromatic N) is 4. The summed E-state index contributed by atoms with van der Waals surface area (Å²) in [6.07, 6.45) is 9.51. The Morgan fingerprint density at radius 3 is 3.00 bits per heavy atom. The number of hydrogen-bond acceptors (Lipinski definition) is 3. The van der Waals surface area contributed by atoms with Crippen LogP contribution in [0, 0.1) is 0 Å². The molecule has 4 heteroatoms. The first kappa shape index (κ1) is 12.9. The third kappa shape index (κ3) is 2.73. The van der Waals surface area contributed by atoms with Crippen molar-refractivity contribution < 1.29 is 0 Å². The lowest BCUT2D eigenvalue weighted by atomic mass is 9.97. The molecule has 2 aliphatic rings. The standard InChI is InChI=1S/C15H24N4/c1-2-9-18-10-6-7-13(12-18)15-17-16-14-8-4-3-5-11-19(14)15/h2,13H,1,3-12H2/t13-/m0/s1. The van der Waals surface area contributed by atoms with Gasteiger partial charge in [0.2, 0.25) is 0 Å². The maximum absolute atomic E-state index is 4.52. The second kappa shape index (κ2) is 5.87. The van der Waals surface area contributed by atoms with Crippen molar-refractivity contribution in [3.8, 4) is 0 Å². The Morgan fingerprint density at radius 1 is 1.16 bits per heavy atom. The summed E-state index contributed by atoms with van der Waals surface area (Å²) < 4.78 is 2.41. The number of aromatic nitrogens is 3. The maximum Gasteiger partial charge on any atom is 0.137 e. The van der Waals surface area contributed by atoms with Crippen LogP contribution in [0.2, 0.25) is 0 Å². The third-order valence-corrected chi connectivity index (χ3v) is 4.40. The van der Waals surface area contributed by atoms with E-state index < -0.39 is 0 Å². The van der Waals surface area contributed by atoms with Crippen LogP contribution in [0.15, 0.2) is 12.7 Å². The molecule has 3 rings (SSSR count). The van der Waals surface area contributed by atoms with Gasteiger partial charge in [0.05, 0.1) is 0 Å². The largest absolute Gasteiger partial charge is 0.315 e. The highest BCUT2D eigenvalue weighted by Gasteiger charge is 2.26. The van der Waals surface area contributed by atoms with Crippen molar-refractivity contribution in [2.75, 3.05) is 19.6 Å². The van der Waals surface area contributed by atoms with Crippen LogP contribution in [0.4, 0.5) is 0 Å². The number of rotatable bonds is 3. The monoisotopic (exact) mass is 260 g/mol. The first-order valence-corrected chi connectivity index (χ1v) is 7.63.